The number of carbonyl (C=O) groups excluding carboxylic acids is 1. The molecule has 136 valence electrons. The van der Waals surface area contributed by atoms with Gasteiger partial charge in [0.2, 0.25) is 11.8 Å². The van der Waals surface area contributed by atoms with E-state index >= 15 is 0 Å². The maximum atomic E-state index is 12.7. The minimum Gasteiger partial charge on any atom is -0.481 e. The number of carbonyl (C=O) groups is 1. The normalized spacial score (nSPS) is 17.3. The highest BCUT2D eigenvalue weighted by Crippen LogP contribution is 2.27. The van der Waals surface area contributed by atoms with Crippen molar-refractivity contribution in [3.8, 4) is 5.88 Å². The first kappa shape index (κ1) is 16.8. The molecular weight excluding hydrogens is 330 g/mol. The largest absolute Gasteiger partial charge is 0.481 e. The van der Waals surface area contributed by atoms with Crippen LogP contribution in [0, 0.1) is 0 Å². The maximum Gasteiger partial charge on any atom is 0.241 e. The molecule has 2 aromatic rings. The zero-order valence-corrected chi connectivity index (χ0v) is 15.0. The molecule has 0 atom stereocenters. The molecule has 1 amide bonds. The van der Waals surface area contributed by atoms with Gasteiger partial charge < -0.3 is 14.5 Å². The van der Waals surface area contributed by atoms with Gasteiger partial charge in [-0.3, -0.25) is 9.69 Å². The number of hydrogen-bond acceptors (Lipinski definition) is 6. The molecule has 1 aromatic heterocycles. The quantitative estimate of drug-likeness (QED) is 0.823. The van der Waals surface area contributed by atoms with E-state index in [1.807, 2.05) is 29.2 Å². The first-order valence-electron chi connectivity index (χ1n) is 8.96. The van der Waals surface area contributed by atoms with E-state index in [1.165, 1.54) is 11.9 Å². The highest BCUT2D eigenvalue weighted by atomic mass is 16.5. The number of benzene rings is 1. The smallest absolute Gasteiger partial charge is 0.241 e. The lowest BCUT2D eigenvalue weighted by molar-refractivity contribution is -0.119. The molecular formula is C19H23N5O2. The summed E-state index contributed by atoms with van der Waals surface area (Å²) >= 11 is 0. The third kappa shape index (κ3) is 3.35. The fourth-order valence-corrected chi connectivity index (χ4v) is 3.62. The van der Waals surface area contributed by atoms with Crippen molar-refractivity contribution >= 4 is 17.4 Å². The molecule has 7 heteroatoms. The number of hydrogen-bond donors (Lipinski definition) is 0. The maximum absolute atomic E-state index is 12.7. The van der Waals surface area contributed by atoms with Gasteiger partial charge in [0.15, 0.2) is 0 Å². The zero-order chi connectivity index (χ0) is 17.9. The number of aromatic nitrogens is 2. The molecule has 0 aliphatic carbocycles. The fraction of sp³-hybridized carbons (Fsp3) is 0.421. The summed E-state index contributed by atoms with van der Waals surface area (Å²) < 4.78 is 5.17. The van der Waals surface area contributed by atoms with Gasteiger partial charge in [0.25, 0.3) is 0 Å². The van der Waals surface area contributed by atoms with Crippen molar-refractivity contribution in [2.24, 2.45) is 0 Å². The Labute approximate surface area is 153 Å². The van der Waals surface area contributed by atoms with Gasteiger partial charge in [0.05, 0.1) is 13.7 Å². The number of rotatable bonds is 4. The van der Waals surface area contributed by atoms with Crippen LogP contribution < -0.4 is 14.5 Å². The van der Waals surface area contributed by atoms with Gasteiger partial charge >= 0.3 is 0 Å². The number of ether oxygens (including phenoxy) is 1. The topological polar surface area (TPSA) is 61.8 Å². The SMILES string of the molecule is COc1cc(N2CCN(CC(=O)N3CCc4ccccc43)CC2)ncn1. The zero-order valence-electron chi connectivity index (χ0n) is 15.0. The Balaban J connectivity index is 1.33. The van der Waals surface area contributed by atoms with Gasteiger partial charge in [-0.25, -0.2) is 9.97 Å². The van der Waals surface area contributed by atoms with Crippen molar-refractivity contribution in [1.29, 1.82) is 0 Å². The summed E-state index contributed by atoms with van der Waals surface area (Å²) in [5.41, 5.74) is 2.34. The molecule has 4 rings (SSSR count). The monoisotopic (exact) mass is 353 g/mol. The predicted octanol–water partition coefficient (Wildman–Crippen LogP) is 1.20. The van der Waals surface area contributed by atoms with Crippen molar-refractivity contribution < 1.29 is 9.53 Å². The molecule has 7 nitrogen and oxygen atoms in total. The van der Waals surface area contributed by atoms with Crippen LogP contribution in [0.4, 0.5) is 11.5 Å². The van der Waals surface area contributed by atoms with Gasteiger partial charge in [-0.15, -0.1) is 0 Å². The third-order valence-corrected chi connectivity index (χ3v) is 5.08. The fourth-order valence-electron chi connectivity index (χ4n) is 3.62. The van der Waals surface area contributed by atoms with Gasteiger partial charge in [0, 0.05) is 44.5 Å². The van der Waals surface area contributed by atoms with Crippen LogP contribution in [0.5, 0.6) is 5.88 Å². The Morgan fingerprint density at radius 2 is 1.92 bits per heavy atom. The molecule has 0 radical (unpaired) electrons. The van der Waals surface area contributed by atoms with Gasteiger partial charge in [-0.2, -0.15) is 0 Å². The van der Waals surface area contributed by atoms with Crippen LogP contribution in [-0.4, -0.2) is 67.2 Å². The van der Waals surface area contributed by atoms with Crippen LogP contribution in [-0.2, 0) is 11.2 Å². The molecule has 0 bridgehead atoms. The first-order chi connectivity index (χ1) is 12.7. The Morgan fingerprint density at radius 1 is 1.12 bits per heavy atom. The Morgan fingerprint density at radius 3 is 2.73 bits per heavy atom. The first-order valence-corrected chi connectivity index (χ1v) is 8.96. The molecule has 2 aliphatic rings. The lowest BCUT2D eigenvalue weighted by Gasteiger charge is -2.35. The van der Waals surface area contributed by atoms with Crippen LogP contribution >= 0.6 is 0 Å². The summed E-state index contributed by atoms with van der Waals surface area (Å²) in [5.74, 6) is 1.63. The van der Waals surface area contributed by atoms with Crippen LogP contribution in [0.1, 0.15) is 5.56 Å². The van der Waals surface area contributed by atoms with Gasteiger partial charge in [-0.1, -0.05) is 18.2 Å². The van der Waals surface area contributed by atoms with Crippen molar-refractivity contribution in [3.05, 3.63) is 42.2 Å². The summed E-state index contributed by atoms with van der Waals surface area (Å²) in [7, 11) is 1.60. The van der Waals surface area contributed by atoms with Crippen molar-refractivity contribution in [3.63, 3.8) is 0 Å². The van der Waals surface area contributed by atoms with E-state index in [1.54, 1.807) is 7.11 Å². The van der Waals surface area contributed by atoms with Crippen LogP contribution in [0.25, 0.3) is 0 Å². The lowest BCUT2D eigenvalue weighted by Crippen LogP contribution is -2.50. The summed E-state index contributed by atoms with van der Waals surface area (Å²) in [6.07, 6.45) is 2.47. The number of nitrogens with zero attached hydrogens (tertiary/aromatic N) is 5. The van der Waals surface area contributed by atoms with E-state index in [4.69, 9.17) is 4.74 Å². The molecule has 1 fully saturated rings. The van der Waals surface area contributed by atoms with Crippen molar-refractivity contribution in [2.45, 2.75) is 6.42 Å². The molecule has 3 heterocycles. The Hall–Kier alpha value is -2.67. The van der Waals surface area contributed by atoms with Crippen molar-refractivity contribution in [2.75, 3.05) is 56.2 Å². The van der Waals surface area contributed by atoms with Crippen LogP contribution in [0.15, 0.2) is 36.7 Å². The van der Waals surface area contributed by atoms with Crippen LogP contribution in [0.3, 0.4) is 0 Å². The van der Waals surface area contributed by atoms with E-state index in [0.717, 1.165) is 50.6 Å². The summed E-state index contributed by atoms with van der Waals surface area (Å²) in [4.78, 5) is 27.5. The molecule has 2 aliphatic heterocycles. The molecule has 0 spiro atoms. The molecule has 0 N–H and O–H groups in total. The number of amides is 1. The van der Waals surface area contributed by atoms with E-state index in [2.05, 4.69) is 25.8 Å². The summed E-state index contributed by atoms with van der Waals surface area (Å²) in [6, 6.07) is 10.0. The molecule has 1 aromatic carbocycles. The van der Waals surface area contributed by atoms with Crippen molar-refractivity contribution in [1.82, 2.24) is 14.9 Å². The number of anilines is 2. The summed E-state index contributed by atoms with van der Waals surface area (Å²) in [5, 5.41) is 0. The Bertz CT molecular complexity index is 789. The average molecular weight is 353 g/mol. The number of para-hydroxylation sites is 1. The van der Waals surface area contributed by atoms with Gasteiger partial charge in [0.1, 0.15) is 12.1 Å². The Kier molecular flexibility index (Phi) is 4.71. The lowest BCUT2D eigenvalue weighted by atomic mass is 10.2. The number of piperazine rings is 1. The minimum atomic E-state index is 0.187. The standard InChI is InChI=1S/C19H23N5O2/c1-26-18-12-17(20-14-21-18)23-10-8-22(9-11-23)13-19(25)24-7-6-15-4-2-3-5-16(15)24/h2-5,12,14H,6-11,13H2,1H3. The predicted molar refractivity (Wildman–Crippen MR) is 99.7 cm³/mol. The second-order valence-corrected chi connectivity index (χ2v) is 6.61. The van der Waals surface area contributed by atoms with E-state index in [9.17, 15) is 4.79 Å². The van der Waals surface area contributed by atoms with E-state index in [0.29, 0.717) is 12.4 Å². The second kappa shape index (κ2) is 7.29. The van der Waals surface area contributed by atoms with Gasteiger partial charge in [-0.05, 0) is 18.1 Å². The molecule has 0 unspecified atom stereocenters. The molecule has 1 saturated heterocycles. The molecule has 26 heavy (non-hydrogen) atoms. The second-order valence-electron chi connectivity index (χ2n) is 6.61. The summed E-state index contributed by atoms with van der Waals surface area (Å²) in [6.45, 7) is 4.61. The number of methoxy groups -OCH3 is 1. The molecule has 0 saturated carbocycles. The van der Waals surface area contributed by atoms with E-state index in [-0.39, 0.29) is 5.91 Å². The van der Waals surface area contributed by atoms with Crippen LogP contribution in [0.2, 0.25) is 0 Å². The number of fused-ring (bicyclic) bond motifs is 1. The highest BCUT2D eigenvalue weighted by Gasteiger charge is 2.27. The van der Waals surface area contributed by atoms with E-state index < -0.39 is 0 Å². The average Bonchev–Trinajstić information content (AvgIpc) is 3.13. The highest BCUT2D eigenvalue weighted by molar-refractivity contribution is 5.96. The third-order valence-electron chi connectivity index (χ3n) is 5.08. The minimum absolute atomic E-state index is 0.187.